The first-order valence-corrected chi connectivity index (χ1v) is 5.94. The van der Waals surface area contributed by atoms with Crippen LogP contribution >= 0.6 is 0 Å². The number of nitrogens with one attached hydrogen (secondary N) is 1. The number of likely N-dealkylation sites (tertiary alicyclic amines) is 1. The first-order valence-electron chi connectivity index (χ1n) is 5.94. The van der Waals surface area contributed by atoms with Gasteiger partial charge in [0.15, 0.2) is 0 Å². The third kappa shape index (κ3) is 1.87. The van der Waals surface area contributed by atoms with E-state index < -0.39 is 11.9 Å². The highest BCUT2D eigenvalue weighted by atomic mass is 19.1. The summed E-state index contributed by atoms with van der Waals surface area (Å²) >= 11 is 0. The van der Waals surface area contributed by atoms with E-state index in [0.717, 1.165) is 0 Å². The fourth-order valence-corrected chi connectivity index (χ4v) is 2.59. The number of benzene rings is 1. The van der Waals surface area contributed by atoms with Gasteiger partial charge in [-0.3, -0.25) is 4.57 Å². The average Bonchev–Trinajstić information content (AvgIpc) is 2.91. The number of nitrogens with zero attached hydrogens (tertiary/aromatic N) is 2. The van der Waals surface area contributed by atoms with E-state index in [2.05, 4.69) is 4.98 Å². The van der Waals surface area contributed by atoms with Crippen LogP contribution in [0.2, 0.25) is 0 Å². The van der Waals surface area contributed by atoms with Gasteiger partial charge in [0.05, 0.1) is 17.1 Å². The van der Waals surface area contributed by atoms with Crippen molar-refractivity contribution in [1.29, 1.82) is 0 Å². The quantitative estimate of drug-likeness (QED) is 0.818. The lowest BCUT2D eigenvalue weighted by Gasteiger charge is -2.13. The number of halogens is 1. The Bertz CT molecular complexity index is 706. The number of carbonyl (C=O) groups is 1. The largest absolute Gasteiger partial charge is 0.465 e. The summed E-state index contributed by atoms with van der Waals surface area (Å²) in [5, 5.41) is 8.93. The van der Waals surface area contributed by atoms with Gasteiger partial charge in [0.1, 0.15) is 5.82 Å². The molecule has 2 N–H and O–H groups in total. The van der Waals surface area contributed by atoms with Crippen LogP contribution in [0.1, 0.15) is 12.5 Å². The van der Waals surface area contributed by atoms with Gasteiger partial charge in [-0.1, -0.05) is 0 Å². The number of amides is 1. The van der Waals surface area contributed by atoms with Crippen LogP contribution in [0.5, 0.6) is 0 Å². The minimum absolute atomic E-state index is 0.206. The Morgan fingerprint density at radius 3 is 2.95 bits per heavy atom. The van der Waals surface area contributed by atoms with Crippen LogP contribution in [-0.2, 0) is 0 Å². The number of hydrogen-bond donors (Lipinski definition) is 2. The minimum Gasteiger partial charge on any atom is -0.465 e. The van der Waals surface area contributed by atoms with E-state index in [-0.39, 0.29) is 18.3 Å². The zero-order chi connectivity index (χ0) is 13.6. The maximum absolute atomic E-state index is 13.1. The molecule has 1 aromatic heterocycles. The molecule has 100 valence electrons. The summed E-state index contributed by atoms with van der Waals surface area (Å²) in [7, 11) is 0. The maximum atomic E-state index is 13.1. The topological polar surface area (TPSA) is 78.3 Å². The lowest BCUT2D eigenvalue weighted by atomic mass is 10.2. The predicted octanol–water partition coefficient (Wildman–Crippen LogP) is 1.39. The van der Waals surface area contributed by atoms with Gasteiger partial charge < -0.3 is 15.0 Å². The molecule has 7 heteroatoms. The SMILES string of the molecule is O=C(O)N1CCC(n2c(=O)[nH]c3cc(F)ccc32)C1. The van der Waals surface area contributed by atoms with Crippen molar-refractivity contribution in [2.75, 3.05) is 13.1 Å². The van der Waals surface area contributed by atoms with E-state index in [4.69, 9.17) is 5.11 Å². The van der Waals surface area contributed by atoms with E-state index in [1.54, 1.807) is 0 Å². The highest BCUT2D eigenvalue weighted by molar-refractivity contribution is 5.75. The number of fused-ring (bicyclic) bond motifs is 1. The Kier molecular flexibility index (Phi) is 2.55. The van der Waals surface area contributed by atoms with Crippen molar-refractivity contribution in [3.8, 4) is 0 Å². The summed E-state index contributed by atoms with van der Waals surface area (Å²) < 4.78 is 14.6. The van der Waals surface area contributed by atoms with Crippen LogP contribution < -0.4 is 5.69 Å². The number of aromatic amines is 1. The average molecular weight is 265 g/mol. The van der Waals surface area contributed by atoms with Crippen molar-refractivity contribution >= 4 is 17.1 Å². The number of imidazole rings is 1. The fraction of sp³-hybridized carbons (Fsp3) is 0.333. The predicted molar refractivity (Wildman–Crippen MR) is 65.8 cm³/mol. The van der Waals surface area contributed by atoms with Gasteiger partial charge in [0.2, 0.25) is 0 Å². The van der Waals surface area contributed by atoms with E-state index in [1.165, 1.54) is 27.7 Å². The first kappa shape index (κ1) is 11.8. The van der Waals surface area contributed by atoms with Crippen LogP contribution in [0, 0.1) is 5.82 Å². The molecule has 0 aliphatic carbocycles. The summed E-state index contributed by atoms with van der Waals surface area (Å²) in [6, 6.07) is 3.88. The summed E-state index contributed by atoms with van der Waals surface area (Å²) in [4.78, 5) is 26.7. The third-order valence-electron chi connectivity index (χ3n) is 3.48. The van der Waals surface area contributed by atoms with Gasteiger partial charge in [-0.2, -0.15) is 0 Å². The molecule has 2 aromatic rings. The first-order chi connectivity index (χ1) is 9.06. The number of aromatic nitrogens is 2. The monoisotopic (exact) mass is 265 g/mol. The molecule has 1 saturated heterocycles. The number of hydrogen-bond acceptors (Lipinski definition) is 2. The van der Waals surface area contributed by atoms with Crippen molar-refractivity contribution in [3.63, 3.8) is 0 Å². The molecule has 0 saturated carbocycles. The maximum Gasteiger partial charge on any atom is 0.407 e. The molecular weight excluding hydrogens is 253 g/mol. The van der Waals surface area contributed by atoms with Gasteiger partial charge in [0, 0.05) is 13.1 Å². The smallest absolute Gasteiger partial charge is 0.407 e. The summed E-state index contributed by atoms with van der Waals surface area (Å²) in [5.74, 6) is -0.417. The number of rotatable bonds is 1. The Hall–Kier alpha value is -2.31. The summed E-state index contributed by atoms with van der Waals surface area (Å²) in [5.41, 5.74) is 0.695. The lowest BCUT2D eigenvalue weighted by Crippen LogP contribution is -2.29. The Labute approximate surface area is 107 Å². The highest BCUT2D eigenvalue weighted by Crippen LogP contribution is 2.24. The molecule has 1 aromatic carbocycles. The fourth-order valence-electron chi connectivity index (χ4n) is 2.59. The van der Waals surface area contributed by atoms with Crippen molar-refractivity contribution < 1.29 is 14.3 Å². The molecule has 0 bridgehead atoms. The molecule has 0 radical (unpaired) electrons. The third-order valence-corrected chi connectivity index (χ3v) is 3.48. The Morgan fingerprint density at radius 1 is 1.47 bits per heavy atom. The molecule has 1 aliphatic heterocycles. The highest BCUT2D eigenvalue weighted by Gasteiger charge is 2.29. The second-order valence-electron chi connectivity index (χ2n) is 4.63. The van der Waals surface area contributed by atoms with Gasteiger partial charge in [-0.05, 0) is 24.6 Å². The molecule has 2 heterocycles. The van der Waals surface area contributed by atoms with Crippen LogP contribution in [0.25, 0.3) is 11.0 Å². The number of H-pyrrole nitrogens is 1. The summed E-state index contributed by atoms with van der Waals surface area (Å²) in [6.45, 7) is 0.680. The second-order valence-corrected chi connectivity index (χ2v) is 4.63. The van der Waals surface area contributed by atoms with Gasteiger partial charge in [0.25, 0.3) is 0 Å². The molecule has 1 amide bonds. The molecule has 1 atom stereocenters. The molecular formula is C12H12FN3O3. The Morgan fingerprint density at radius 2 is 2.26 bits per heavy atom. The van der Waals surface area contributed by atoms with Crippen molar-refractivity contribution in [1.82, 2.24) is 14.5 Å². The van der Waals surface area contributed by atoms with E-state index in [9.17, 15) is 14.0 Å². The zero-order valence-corrected chi connectivity index (χ0v) is 9.97. The standard InChI is InChI=1S/C12H12FN3O3/c13-7-1-2-10-9(5-7)14-11(17)16(10)8-3-4-15(6-8)12(18)19/h1-2,5,8H,3-4,6H2,(H,14,17)(H,18,19). The summed E-state index contributed by atoms with van der Waals surface area (Å²) in [6.07, 6.45) is -0.405. The lowest BCUT2D eigenvalue weighted by molar-refractivity contribution is 0.154. The molecule has 6 nitrogen and oxygen atoms in total. The van der Waals surface area contributed by atoms with Crippen LogP contribution in [0.15, 0.2) is 23.0 Å². The van der Waals surface area contributed by atoms with E-state index in [0.29, 0.717) is 24.0 Å². The van der Waals surface area contributed by atoms with Gasteiger partial charge >= 0.3 is 11.8 Å². The van der Waals surface area contributed by atoms with Crippen molar-refractivity contribution in [2.45, 2.75) is 12.5 Å². The van der Waals surface area contributed by atoms with Crippen LogP contribution in [0.4, 0.5) is 9.18 Å². The molecule has 0 spiro atoms. The number of carboxylic acid groups (broad SMARTS) is 1. The van der Waals surface area contributed by atoms with E-state index >= 15 is 0 Å². The normalized spacial score (nSPS) is 19.2. The molecule has 1 aliphatic rings. The molecule has 1 fully saturated rings. The van der Waals surface area contributed by atoms with Crippen LogP contribution in [0.3, 0.4) is 0 Å². The van der Waals surface area contributed by atoms with Gasteiger partial charge in [-0.25, -0.2) is 14.0 Å². The molecule has 1 unspecified atom stereocenters. The van der Waals surface area contributed by atoms with Gasteiger partial charge in [-0.15, -0.1) is 0 Å². The zero-order valence-electron chi connectivity index (χ0n) is 9.97. The van der Waals surface area contributed by atoms with Crippen LogP contribution in [-0.4, -0.2) is 38.7 Å². The van der Waals surface area contributed by atoms with E-state index in [1.807, 2.05) is 0 Å². The van der Waals surface area contributed by atoms with Crippen molar-refractivity contribution in [3.05, 3.63) is 34.5 Å². The molecule has 19 heavy (non-hydrogen) atoms. The Balaban J connectivity index is 2.04. The molecule has 3 rings (SSSR count). The minimum atomic E-state index is -0.985. The van der Waals surface area contributed by atoms with Crippen molar-refractivity contribution in [2.24, 2.45) is 0 Å². The second kappa shape index (κ2) is 4.11.